The Balaban J connectivity index is 1.81. The molecule has 2 heterocycles. The van der Waals surface area contributed by atoms with Crippen LogP contribution in [0.15, 0.2) is 48.7 Å². The molecule has 0 spiro atoms. The van der Waals surface area contributed by atoms with Crippen LogP contribution < -0.4 is 4.90 Å². The topological polar surface area (TPSA) is 62.7 Å². The number of likely N-dealkylation sites (tertiary alicyclic amines) is 1. The number of aromatic nitrogens is 1. The summed E-state index contributed by atoms with van der Waals surface area (Å²) in [6.45, 7) is 8.97. The van der Waals surface area contributed by atoms with Gasteiger partial charge in [-0.15, -0.1) is 0 Å². The molecule has 3 rings (SSSR count). The van der Waals surface area contributed by atoms with Crippen LogP contribution in [0, 0.1) is 0 Å². The quantitative estimate of drug-likeness (QED) is 0.557. The summed E-state index contributed by atoms with van der Waals surface area (Å²) in [5.74, 6) is 0.630. The summed E-state index contributed by atoms with van der Waals surface area (Å²) in [5.41, 5.74) is 1.14. The second kappa shape index (κ2) is 10.6. The van der Waals surface area contributed by atoms with Gasteiger partial charge in [-0.2, -0.15) is 0 Å². The van der Waals surface area contributed by atoms with Gasteiger partial charge in [0, 0.05) is 24.8 Å². The first-order chi connectivity index (χ1) is 15.3. The monoisotopic (exact) mass is 437 g/mol. The van der Waals surface area contributed by atoms with Crippen molar-refractivity contribution in [3.8, 4) is 0 Å². The summed E-state index contributed by atoms with van der Waals surface area (Å²) in [6.07, 6.45) is 6.24. The SMILES string of the molecule is CCCCN(C(=O)OC(C)(C)C)c1ccc([C@H]2CCCCN2C(=O)c2ccccc2)cn1. The van der Waals surface area contributed by atoms with Crippen molar-refractivity contribution in [2.75, 3.05) is 18.0 Å². The smallest absolute Gasteiger partial charge is 0.416 e. The lowest BCUT2D eigenvalue weighted by molar-refractivity contribution is 0.0577. The zero-order valence-electron chi connectivity index (χ0n) is 19.7. The second-order valence-corrected chi connectivity index (χ2v) is 9.31. The third-order valence-corrected chi connectivity index (χ3v) is 5.57. The van der Waals surface area contributed by atoms with Crippen LogP contribution in [0.3, 0.4) is 0 Å². The van der Waals surface area contributed by atoms with Crippen LogP contribution in [0.5, 0.6) is 0 Å². The fraction of sp³-hybridized carbons (Fsp3) is 0.500. The van der Waals surface area contributed by atoms with Crippen molar-refractivity contribution in [1.29, 1.82) is 0 Å². The van der Waals surface area contributed by atoms with Crippen molar-refractivity contribution >= 4 is 17.8 Å². The van der Waals surface area contributed by atoms with E-state index in [9.17, 15) is 9.59 Å². The molecule has 172 valence electrons. The number of pyridine rings is 1. The van der Waals surface area contributed by atoms with Gasteiger partial charge in [0.05, 0.1) is 6.04 Å². The van der Waals surface area contributed by atoms with Gasteiger partial charge in [0.15, 0.2) is 0 Å². The Morgan fingerprint density at radius 2 is 1.88 bits per heavy atom. The summed E-state index contributed by atoms with van der Waals surface area (Å²) in [7, 11) is 0. The van der Waals surface area contributed by atoms with Gasteiger partial charge < -0.3 is 9.64 Å². The van der Waals surface area contributed by atoms with Crippen molar-refractivity contribution in [2.45, 2.75) is 71.4 Å². The standard InChI is InChI=1S/C26H35N3O3/c1-5-6-17-29(25(31)32-26(2,3)4)23-16-15-21(19-27-23)22-14-10-11-18-28(22)24(30)20-12-8-7-9-13-20/h7-9,12-13,15-16,19,22H,5-6,10-11,14,17-18H2,1-4H3/t22-/m1/s1. The van der Waals surface area contributed by atoms with Crippen LogP contribution >= 0.6 is 0 Å². The minimum Gasteiger partial charge on any atom is -0.443 e. The van der Waals surface area contributed by atoms with Gasteiger partial charge in [0.1, 0.15) is 11.4 Å². The molecule has 0 unspecified atom stereocenters. The summed E-state index contributed by atoms with van der Waals surface area (Å²) in [5, 5.41) is 0. The predicted octanol–water partition coefficient (Wildman–Crippen LogP) is 5.99. The first-order valence-corrected chi connectivity index (χ1v) is 11.6. The largest absolute Gasteiger partial charge is 0.443 e. The summed E-state index contributed by atoms with van der Waals surface area (Å²) >= 11 is 0. The third kappa shape index (κ3) is 6.09. The molecule has 1 atom stereocenters. The second-order valence-electron chi connectivity index (χ2n) is 9.31. The van der Waals surface area contributed by atoms with Crippen molar-refractivity contribution in [3.05, 3.63) is 59.8 Å². The highest BCUT2D eigenvalue weighted by molar-refractivity contribution is 5.94. The van der Waals surface area contributed by atoms with E-state index in [1.165, 1.54) is 0 Å². The molecule has 6 heteroatoms. The zero-order valence-corrected chi connectivity index (χ0v) is 19.7. The van der Waals surface area contributed by atoms with Crippen molar-refractivity contribution in [2.24, 2.45) is 0 Å². The number of unbranched alkanes of at least 4 members (excludes halogenated alkanes) is 1. The number of benzene rings is 1. The molecule has 1 aliphatic heterocycles. The van der Waals surface area contributed by atoms with Gasteiger partial charge in [-0.05, 0) is 70.2 Å². The highest BCUT2D eigenvalue weighted by atomic mass is 16.6. The molecular formula is C26H35N3O3. The fourth-order valence-electron chi connectivity index (χ4n) is 3.95. The molecule has 0 radical (unpaired) electrons. The van der Waals surface area contributed by atoms with E-state index in [1.54, 1.807) is 11.1 Å². The maximum absolute atomic E-state index is 13.1. The molecule has 0 aliphatic carbocycles. The number of ether oxygens (including phenoxy) is 1. The first-order valence-electron chi connectivity index (χ1n) is 11.6. The Bertz CT molecular complexity index is 891. The van der Waals surface area contributed by atoms with Gasteiger partial charge >= 0.3 is 6.09 Å². The lowest BCUT2D eigenvalue weighted by Crippen LogP contribution is -2.39. The van der Waals surface area contributed by atoms with Gasteiger partial charge in [-0.3, -0.25) is 9.69 Å². The van der Waals surface area contributed by atoms with Crippen LogP contribution in [0.2, 0.25) is 0 Å². The molecule has 1 aromatic heterocycles. The molecule has 6 nitrogen and oxygen atoms in total. The summed E-state index contributed by atoms with van der Waals surface area (Å²) in [6, 6.07) is 13.3. The summed E-state index contributed by atoms with van der Waals surface area (Å²) in [4.78, 5) is 34.1. The molecule has 32 heavy (non-hydrogen) atoms. The third-order valence-electron chi connectivity index (χ3n) is 5.57. The maximum atomic E-state index is 13.1. The van der Waals surface area contributed by atoms with E-state index in [4.69, 9.17) is 4.74 Å². The number of carbonyl (C=O) groups is 2. The molecule has 2 aromatic rings. The van der Waals surface area contributed by atoms with Crippen molar-refractivity contribution < 1.29 is 14.3 Å². The number of amides is 2. The molecule has 1 saturated heterocycles. The number of hydrogen-bond acceptors (Lipinski definition) is 4. The average molecular weight is 438 g/mol. The van der Waals surface area contributed by atoms with E-state index in [-0.39, 0.29) is 18.0 Å². The van der Waals surface area contributed by atoms with Crippen LogP contribution in [-0.4, -0.2) is 40.6 Å². The van der Waals surface area contributed by atoms with Gasteiger partial charge in [0.25, 0.3) is 5.91 Å². The minimum atomic E-state index is -0.568. The summed E-state index contributed by atoms with van der Waals surface area (Å²) < 4.78 is 5.59. The molecule has 0 saturated carbocycles. The van der Waals surface area contributed by atoms with E-state index in [0.717, 1.165) is 44.2 Å². The number of rotatable bonds is 6. The van der Waals surface area contributed by atoms with Gasteiger partial charge in [-0.25, -0.2) is 9.78 Å². The van der Waals surface area contributed by atoms with E-state index in [0.29, 0.717) is 17.9 Å². The van der Waals surface area contributed by atoms with Gasteiger partial charge in [-0.1, -0.05) is 37.6 Å². The molecule has 0 bridgehead atoms. The van der Waals surface area contributed by atoms with Gasteiger partial charge in [0.2, 0.25) is 0 Å². The molecule has 1 fully saturated rings. The van der Waals surface area contributed by atoms with Crippen LogP contribution in [-0.2, 0) is 4.74 Å². The fourth-order valence-corrected chi connectivity index (χ4v) is 3.95. The predicted molar refractivity (Wildman–Crippen MR) is 127 cm³/mol. The van der Waals surface area contributed by atoms with E-state index >= 15 is 0 Å². The Morgan fingerprint density at radius 1 is 1.12 bits per heavy atom. The minimum absolute atomic E-state index is 0.0105. The molecular weight excluding hydrogens is 402 g/mol. The number of anilines is 1. The lowest BCUT2D eigenvalue weighted by atomic mass is 9.95. The highest BCUT2D eigenvalue weighted by Crippen LogP contribution is 2.32. The molecule has 1 aromatic carbocycles. The lowest BCUT2D eigenvalue weighted by Gasteiger charge is -2.36. The number of nitrogens with zero attached hydrogens (tertiary/aromatic N) is 3. The highest BCUT2D eigenvalue weighted by Gasteiger charge is 2.29. The number of hydrogen-bond donors (Lipinski definition) is 0. The Hall–Kier alpha value is -2.89. The van der Waals surface area contributed by atoms with Crippen molar-refractivity contribution in [1.82, 2.24) is 9.88 Å². The zero-order chi connectivity index (χ0) is 23.1. The normalized spacial score (nSPS) is 16.5. The Labute approximate surface area is 191 Å². The Kier molecular flexibility index (Phi) is 7.89. The Morgan fingerprint density at radius 3 is 2.50 bits per heavy atom. The first kappa shape index (κ1) is 23.8. The van der Waals surface area contributed by atoms with Crippen LogP contribution in [0.25, 0.3) is 0 Å². The number of carbonyl (C=O) groups excluding carboxylic acids is 2. The van der Waals surface area contributed by atoms with Crippen LogP contribution in [0.1, 0.15) is 81.8 Å². The van der Waals surface area contributed by atoms with Crippen molar-refractivity contribution in [3.63, 3.8) is 0 Å². The van der Waals surface area contributed by atoms with E-state index < -0.39 is 5.60 Å². The van der Waals surface area contributed by atoms with E-state index in [2.05, 4.69) is 11.9 Å². The number of piperidine rings is 1. The molecule has 0 N–H and O–H groups in total. The molecule has 2 amide bonds. The molecule has 1 aliphatic rings. The van der Waals surface area contributed by atoms with Crippen LogP contribution in [0.4, 0.5) is 10.6 Å². The van der Waals surface area contributed by atoms with E-state index in [1.807, 2.05) is 68.1 Å². The average Bonchev–Trinajstić information content (AvgIpc) is 2.79. The maximum Gasteiger partial charge on any atom is 0.416 e.